The highest BCUT2D eigenvalue weighted by molar-refractivity contribution is 8.00. The maximum Gasteiger partial charge on any atom is 0.335 e. The third kappa shape index (κ3) is 2.34. The normalized spacial score (nSPS) is 20.7. The number of rotatable bonds is 1. The van der Waals surface area contributed by atoms with Gasteiger partial charge in [-0.2, -0.15) is 0 Å². The summed E-state index contributed by atoms with van der Waals surface area (Å²) in [5, 5.41) is 9.05. The number of thioether (sulfide) groups is 1. The van der Waals surface area contributed by atoms with E-state index in [0.717, 1.165) is 6.42 Å². The molecular formula is C14H18O2S. The van der Waals surface area contributed by atoms with Crippen molar-refractivity contribution in [3.05, 3.63) is 29.3 Å². The first kappa shape index (κ1) is 12.5. The Kier molecular flexibility index (Phi) is 2.77. The molecule has 1 N–H and O–H groups in total. The second-order valence-electron chi connectivity index (χ2n) is 5.94. The van der Waals surface area contributed by atoms with Gasteiger partial charge in [0.1, 0.15) is 0 Å². The van der Waals surface area contributed by atoms with E-state index >= 15 is 0 Å². The Morgan fingerprint density at radius 1 is 1.29 bits per heavy atom. The number of benzene rings is 1. The number of hydrogen-bond donors (Lipinski definition) is 1. The Morgan fingerprint density at radius 2 is 1.94 bits per heavy atom. The molecule has 0 aromatic heterocycles. The van der Waals surface area contributed by atoms with Crippen LogP contribution in [0.15, 0.2) is 23.1 Å². The van der Waals surface area contributed by atoms with Crippen LogP contribution in [0.5, 0.6) is 0 Å². The van der Waals surface area contributed by atoms with Crippen molar-refractivity contribution in [2.75, 3.05) is 0 Å². The summed E-state index contributed by atoms with van der Waals surface area (Å²) in [6.45, 7) is 8.87. The van der Waals surface area contributed by atoms with Gasteiger partial charge in [-0.25, -0.2) is 4.79 Å². The van der Waals surface area contributed by atoms with Crippen molar-refractivity contribution >= 4 is 17.7 Å². The minimum absolute atomic E-state index is 0.0372. The van der Waals surface area contributed by atoms with Crippen LogP contribution < -0.4 is 0 Å². The molecule has 0 amide bonds. The minimum atomic E-state index is -0.849. The van der Waals surface area contributed by atoms with Gasteiger partial charge in [-0.1, -0.05) is 27.7 Å². The average molecular weight is 250 g/mol. The van der Waals surface area contributed by atoms with Crippen molar-refractivity contribution in [3.8, 4) is 0 Å². The second kappa shape index (κ2) is 3.77. The number of carbonyl (C=O) groups is 1. The van der Waals surface area contributed by atoms with Gasteiger partial charge >= 0.3 is 5.97 Å². The number of carboxylic acids is 1. The molecule has 0 bridgehead atoms. The molecule has 1 aliphatic heterocycles. The summed E-state index contributed by atoms with van der Waals surface area (Å²) in [5.41, 5.74) is 1.59. The summed E-state index contributed by atoms with van der Waals surface area (Å²) in [6, 6.07) is 5.48. The van der Waals surface area contributed by atoms with Crippen molar-refractivity contribution in [2.24, 2.45) is 0 Å². The lowest BCUT2D eigenvalue weighted by Crippen LogP contribution is -2.33. The van der Waals surface area contributed by atoms with Crippen molar-refractivity contribution in [1.29, 1.82) is 0 Å². The molecule has 17 heavy (non-hydrogen) atoms. The van der Waals surface area contributed by atoms with Crippen LogP contribution >= 0.6 is 11.8 Å². The highest BCUT2D eigenvalue weighted by Gasteiger charge is 2.38. The van der Waals surface area contributed by atoms with Crippen LogP contribution in [0.1, 0.15) is 50.0 Å². The quantitative estimate of drug-likeness (QED) is 0.820. The number of carboxylic acid groups (broad SMARTS) is 1. The largest absolute Gasteiger partial charge is 0.478 e. The van der Waals surface area contributed by atoms with Gasteiger partial charge < -0.3 is 5.11 Å². The predicted molar refractivity (Wildman–Crippen MR) is 71.0 cm³/mol. The van der Waals surface area contributed by atoms with Crippen LogP contribution in [0, 0.1) is 0 Å². The molecule has 0 aliphatic carbocycles. The SMILES string of the molecule is CC1(C)CC(C)(C)c2cc(C(=O)O)ccc2S1. The van der Waals surface area contributed by atoms with Crippen LogP contribution in [0.4, 0.5) is 0 Å². The van der Waals surface area contributed by atoms with Gasteiger partial charge in [0.05, 0.1) is 5.56 Å². The third-order valence-corrected chi connectivity index (χ3v) is 4.48. The fourth-order valence-corrected chi connectivity index (χ4v) is 4.38. The first-order chi connectivity index (χ1) is 7.71. The fraction of sp³-hybridized carbons (Fsp3) is 0.500. The summed E-state index contributed by atoms with van der Waals surface area (Å²) in [6.07, 6.45) is 1.06. The monoisotopic (exact) mass is 250 g/mol. The van der Waals surface area contributed by atoms with Crippen molar-refractivity contribution < 1.29 is 9.90 Å². The van der Waals surface area contributed by atoms with Gasteiger partial charge in [-0.05, 0) is 35.6 Å². The van der Waals surface area contributed by atoms with Gasteiger partial charge in [0.15, 0.2) is 0 Å². The molecule has 0 spiro atoms. The topological polar surface area (TPSA) is 37.3 Å². The van der Waals surface area contributed by atoms with Crippen molar-refractivity contribution in [3.63, 3.8) is 0 Å². The van der Waals surface area contributed by atoms with E-state index in [1.165, 1.54) is 10.5 Å². The van der Waals surface area contributed by atoms with Crippen molar-refractivity contribution in [2.45, 2.75) is 49.2 Å². The molecule has 0 saturated carbocycles. The molecule has 1 heterocycles. The standard InChI is InChI=1S/C14H18O2S/c1-13(2)8-14(3,4)17-11-6-5-9(12(15)16)7-10(11)13/h5-7H,8H2,1-4H3,(H,15,16). The predicted octanol–water partition coefficient (Wildman–Crippen LogP) is 3.94. The lowest BCUT2D eigenvalue weighted by atomic mass is 9.76. The smallest absolute Gasteiger partial charge is 0.335 e. The van der Waals surface area contributed by atoms with Gasteiger partial charge in [-0.15, -0.1) is 11.8 Å². The number of hydrogen-bond acceptors (Lipinski definition) is 2. The van der Waals surface area contributed by atoms with E-state index in [0.29, 0.717) is 5.56 Å². The highest BCUT2D eigenvalue weighted by Crippen LogP contribution is 2.50. The maximum atomic E-state index is 11.0. The Morgan fingerprint density at radius 3 is 2.53 bits per heavy atom. The van der Waals surface area contributed by atoms with E-state index < -0.39 is 5.97 Å². The van der Waals surface area contributed by atoms with E-state index in [1.54, 1.807) is 6.07 Å². The van der Waals surface area contributed by atoms with E-state index in [4.69, 9.17) is 5.11 Å². The highest BCUT2D eigenvalue weighted by atomic mass is 32.2. The zero-order valence-corrected chi connectivity index (χ0v) is 11.5. The number of aromatic carboxylic acids is 1. The molecule has 0 atom stereocenters. The van der Waals surface area contributed by atoms with E-state index in [-0.39, 0.29) is 10.2 Å². The summed E-state index contributed by atoms with van der Waals surface area (Å²) in [7, 11) is 0. The molecular weight excluding hydrogens is 232 g/mol. The van der Waals surface area contributed by atoms with E-state index in [1.807, 2.05) is 23.9 Å². The molecule has 1 aliphatic rings. The Bertz CT molecular complexity index is 475. The average Bonchev–Trinajstić information content (AvgIpc) is 2.13. The van der Waals surface area contributed by atoms with Gasteiger partial charge in [0, 0.05) is 9.64 Å². The van der Waals surface area contributed by atoms with E-state index in [9.17, 15) is 4.79 Å². The second-order valence-corrected chi connectivity index (χ2v) is 7.69. The first-order valence-corrected chi connectivity index (χ1v) is 6.60. The summed E-state index contributed by atoms with van der Waals surface area (Å²) in [4.78, 5) is 12.2. The molecule has 1 aromatic rings. The van der Waals surface area contributed by atoms with E-state index in [2.05, 4.69) is 27.7 Å². The summed E-state index contributed by atoms with van der Waals surface area (Å²) >= 11 is 1.84. The maximum absolute atomic E-state index is 11.0. The molecule has 0 unspecified atom stereocenters. The van der Waals surface area contributed by atoms with Crippen LogP contribution in [-0.4, -0.2) is 15.8 Å². The van der Waals surface area contributed by atoms with Gasteiger partial charge in [0.2, 0.25) is 0 Å². The molecule has 2 nitrogen and oxygen atoms in total. The molecule has 0 fully saturated rings. The van der Waals surface area contributed by atoms with Gasteiger partial charge in [-0.3, -0.25) is 0 Å². The molecule has 0 saturated heterocycles. The van der Waals surface area contributed by atoms with Crippen LogP contribution in [0.2, 0.25) is 0 Å². The number of fused-ring (bicyclic) bond motifs is 1. The lowest BCUT2D eigenvalue weighted by molar-refractivity contribution is 0.0696. The van der Waals surface area contributed by atoms with Crippen LogP contribution in [-0.2, 0) is 5.41 Å². The molecule has 0 radical (unpaired) electrons. The molecule has 1 aromatic carbocycles. The summed E-state index contributed by atoms with van der Waals surface area (Å²) < 4.78 is 0.210. The first-order valence-electron chi connectivity index (χ1n) is 5.78. The zero-order valence-electron chi connectivity index (χ0n) is 10.7. The summed E-state index contributed by atoms with van der Waals surface area (Å²) in [5.74, 6) is -0.849. The lowest BCUT2D eigenvalue weighted by Gasteiger charge is -2.41. The fourth-order valence-electron chi connectivity index (χ4n) is 2.77. The van der Waals surface area contributed by atoms with Crippen LogP contribution in [0.3, 0.4) is 0 Å². The third-order valence-electron chi connectivity index (χ3n) is 3.21. The Hall–Kier alpha value is -0.960. The van der Waals surface area contributed by atoms with Crippen LogP contribution in [0.25, 0.3) is 0 Å². The minimum Gasteiger partial charge on any atom is -0.478 e. The van der Waals surface area contributed by atoms with Crippen molar-refractivity contribution in [1.82, 2.24) is 0 Å². The molecule has 2 rings (SSSR count). The Labute approximate surface area is 106 Å². The zero-order chi connectivity index (χ0) is 12.8. The molecule has 92 valence electrons. The molecule has 3 heteroatoms. The van der Waals surface area contributed by atoms with Gasteiger partial charge in [0.25, 0.3) is 0 Å². The Balaban J connectivity index is 2.55.